The van der Waals surface area contributed by atoms with E-state index in [-0.39, 0.29) is 28.5 Å². The summed E-state index contributed by atoms with van der Waals surface area (Å²) >= 11 is 0. The number of benzene rings is 2. The minimum absolute atomic E-state index is 0.0234. The van der Waals surface area contributed by atoms with E-state index in [1.54, 1.807) is 12.1 Å². The SMILES string of the molecule is C=CCOC(=O)c1ccccc1NS(=O)(=O)c1ccc(OC)c(OC)c1. The normalized spacial score (nSPS) is 10.7. The lowest BCUT2D eigenvalue weighted by atomic mass is 10.2. The van der Waals surface area contributed by atoms with Crippen molar-refractivity contribution in [1.82, 2.24) is 0 Å². The van der Waals surface area contributed by atoms with Crippen molar-refractivity contribution < 1.29 is 27.4 Å². The zero-order chi connectivity index (χ0) is 19.2. The molecule has 0 atom stereocenters. The molecule has 138 valence electrons. The molecule has 0 fully saturated rings. The Morgan fingerprint density at radius 2 is 1.81 bits per heavy atom. The Morgan fingerprint density at radius 3 is 2.46 bits per heavy atom. The fraction of sp³-hybridized carbons (Fsp3) is 0.167. The smallest absolute Gasteiger partial charge is 0.340 e. The predicted molar refractivity (Wildman–Crippen MR) is 97.3 cm³/mol. The van der Waals surface area contributed by atoms with Gasteiger partial charge in [0.2, 0.25) is 0 Å². The third-order valence-corrected chi connectivity index (χ3v) is 4.75. The van der Waals surface area contributed by atoms with Crippen LogP contribution >= 0.6 is 0 Å². The monoisotopic (exact) mass is 377 g/mol. The zero-order valence-corrected chi connectivity index (χ0v) is 15.2. The van der Waals surface area contributed by atoms with Gasteiger partial charge in [-0.05, 0) is 24.3 Å². The van der Waals surface area contributed by atoms with Crippen molar-refractivity contribution in [2.75, 3.05) is 25.5 Å². The number of para-hydroxylation sites is 1. The van der Waals surface area contributed by atoms with Crippen LogP contribution < -0.4 is 14.2 Å². The van der Waals surface area contributed by atoms with E-state index in [0.717, 1.165) is 0 Å². The van der Waals surface area contributed by atoms with Gasteiger partial charge < -0.3 is 14.2 Å². The van der Waals surface area contributed by atoms with E-state index in [1.165, 1.54) is 50.6 Å². The van der Waals surface area contributed by atoms with E-state index in [4.69, 9.17) is 14.2 Å². The van der Waals surface area contributed by atoms with E-state index in [1.807, 2.05) is 0 Å². The summed E-state index contributed by atoms with van der Waals surface area (Å²) in [6.07, 6.45) is 1.42. The number of sulfonamides is 1. The second-order valence-electron chi connectivity index (χ2n) is 5.06. The van der Waals surface area contributed by atoms with Gasteiger partial charge in [0.25, 0.3) is 10.0 Å². The van der Waals surface area contributed by atoms with Gasteiger partial charge in [0.15, 0.2) is 11.5 Å². The summed E-state index contributed by atoms with van der Waals surface area (Å²) in [5.41, 5.74) is 0.203. The van der Waals surface area contributed by atoms with Crippen LogP contribution in [0.2, 0.25) is 0 Å². The van der Waals surface area contributed by atoms with E-state index in [0.29, 0.717) is 5.75 Å². The molecule has 1 N–H and O–H groups in total. The lowest BCUT2D eigenvalue weighted by molar-refractivity contribution is 0.0551. The molecule has 0 aliphatic rings. The maximum Gasteiger partial charge on any atom is 0.340 e. The molecule has 26 heavy (non-hydrogen) atoms. The molecule has 2 aromatic rings. The summed E-state index contributed by atoms with van der Waals surface area (Å²) in [6.45, 7) is 3.49. The van der Waals surface area contributed by atoms with Crippen molar-refractivity contribution in [3.63, 3.8) is 0 Å². The Bertz CT molecular complexity index is 908. The van der Waals surface area contributed by atoms with Gasteiger partial charge in [0.1, 0.15) is 6.61 Å². The Kier molecular flexibility index (Phi) is 6.24. The topological polar surface area (TPSA) is 90.9 Å². The standard InChI is InChI=1S/C18H19NO6S/c1-4-11-25-18(20)14-7-5-6-8-15(14)19-26(21,22)13-9-10-16(23-2)17(12-13)24-3/h4-10,12,19H,1,11H2,2-3H3. The van der Waals surface area contributed by atoms with Crippen LogP contribution in [0.15, 0.2) is 60.0 Å². The third-order valence-electron chi connectivity index (χ3n) is 3.39. The molecule has 0 spiro atoms. The van der Waals surface area contributed by atoms with Gasteiger partial charge in [-0.15, -0.1) is 0 Å². The molecule has 0 aliphatic carbocycles. The first-order valence-corrected chi connectivity index (χ1v) is 9.03. The number of methoxy groups -OCH3 is 2. The highest BCUT2D eigenvalue weighted by molar-refractivity contribution is 7.92. The molecule has 0 bridgehead atoms. The first-order chi connectivity index (χ1) is 12.4. The summed E-state index contributed by atoms with van der Waals surface area (Å²) in [5, 5.41) is 0. The highest BCUT2D eigenvalue weighted by atomic mass is 32.2. The van der Waals surface area contributed by atoms with Gasteiger partial charge in [0.05, 0.1) is 30.4 Å². The Hall–Kier alpha value is -3.00. The molecule has 0 radical (unpaired) electrons. The van der Waals surface area contributed by atoms with Crippen LogP contribution in [0.5, 0.6) is 11.5 Å². The fourth-order valence-corrected chi connectivity index (χ4v) is 3.24. The van der Waals surface area contributed by atoms with Crippen molar-refractivity contribution >= 4 is 21.7 Å². The minimum Gasteiger partial charge on any atom is -0.493 e. The molecule has 0 amide bonds. The molecule has 0 saturated carbocycles. The zero-order valence-electron chi connectivity index (χ0n) is 14.4. The van der Waals surface area contributed by atoms with Crippen molar-refractivity contribution in [3.05, 3.63) is 60.7 Å². The molecule has 0 saturated heterocycles. The maximum absolute atomic E-state index is 12.7. The Labute approximate surface area is 152 Å². The number of ether oxygens (including phenoxy) is 3. The molecule has 8 heteroatoms. The number of hydrogen-bond acceptors (Lipinski definition) is 6. The van der Waals surface area contributed by atoms with Gasteiger partial charge >= 0.3 is 5.97 Å². The maximum atomic E-state index is 12.7. The highest BCUT2D eigenvalue weighted by Gasteiger charge is 2.20. The number of carbonyl (C=O) groups excluding carboxylic acids is 1. The fourth-order valence-electron chi connectivity index (χ4n) is 2.15. The molecule has 0 aromatic heterocycles. The quantitative estimate of drug-likeness (QED) is 0.562. The molecule has 0 aliphatic heterocycles. The predicted octanol–water partition coefficient (Wildman–Crippen LogP) is 2.85. The Morgan fingerprint density at radius 1 is 1.12 bits per heavy atom. The number of esters is 1. The molecule has 2 aromatic carbocycles. The number of hydrogen-bond donors (Lipinski definition) is 1. The lowest BCUT2D eigenvalue weighted by Crippen LogP contribution is -2.16. The van der Waals surface area contributed by atoms with E-state index in [9.17, 15) is 13.2 Å². The molecule has 0 heterocycles. The second kappa shape index (κ2) is 8.39. The second-order valence-corrected chi connectivity index (χ2v) is 6.74. The van der Waals surface area contributed by atoms with Crippen LogP contribution in [-0.4, -0.2) is 35.2 Å². The summed E-state index contributed by atoms with van der Waals surface area (Å²) in [7, 11) is -1.10. The summed E-state index contributed by atoms with van der Waals surface area (Å²) < 4.78 is 43.0. The van der Waals surface area contributed by atoms with Gasteiger partial charge in [-0.2, -0.15) is 0 Å². The van der Waals surface area contributed by atoms with Gasteiger partial charge in [-0.25, -0.2) is 13.2 Å². The number of nitrogens with one attached hydrogen (secondary N) is 1. The molecule has 2 rings (SSSR count). The third kappa shape index (κ3) is 4.34. The number of rotatable bonds is 8. The van der Waals surface area contributed by atoms with Gasteiger partial charge in [0, 0.05) is 6.07 Å². The van der Waals surface area contributed by atoms with Crippen LogP contribution in [0, 0.1) is 0 Å². The number of anilines is 1. The molecular formula is C18H19NO6S. The average Bonchev–Trinajstić information content (AvgIpc) is 2.65. The van der Waals surface area contributed by atoms with Crippen LogP contribution in [-0.2, 0) is 14.8 Å². The van der Waals surface area contributed by atoms with E-state index >= 15 is 0 Å². The lowest BCUT2D eigenvalue weighted by Gasteiger charge is -2.13. The van der Waals surface area contributed by atoms with Crippen LogP contribution in [0.1, 0.15) is 10.4 Å². The first kappa shape index (κ1) is 19.3. The summed E-state index contributed by atoms with van der Waals surface area (Å²) in [6, 6.07) is 10.4. The minimum atomic E-state index is -3.96. The molecule has 0 unspecified atom stereocenters. The Balaban J connectivity index is 2.36. The van der Waals surface area contributed by atoms with Gasteiger partial charge in [-0.3, -0.25) is 4.72 Å². The van der Waals surface area contributed by atoms with Crippen LogP contribution in [0.25, 0.3) is 0 Å². The first-order valence-electron chi connectivity index (χ1n) is 7.55. The molecular weight excluding hydrogens is 358 g/mol. The molecule has 7 nitrogen and oxygen atoms in total. The van der Waals surface area contributed by atoms with Crippen molar-refractivity contribution in [3.8, 4) is 11.5 Å². The van der Waals surface area contributed by atoms with Crippen LogP contribution in [0.3, 0.4) is 0 Å². The van der Waals surface area contributed by atoms with Crippen molar-refractivity contribution in [1.29, 1.82) is 0 Å². The highest BCUT2D eigenvalue weighted by Crippen LogP contribution is 2.30. The van der Waals surface area contributed by atoms with E-state index < -0.39 is 16.0 Å². The van der Waals surface area contributed by atoms with Crippen LogP contribution in [0.4, 0.5) is 5.69 Å². The van der Waals surface area contributed by atoms with E-state index in [2.05, 4.69) is 11.3 Å². The van der Waals surface area contributed by atoms with Gasteiger partial charge in [-0.1, -0.05) is 24.8 Å². The number of carbonyl (C=O) groups is 1. The van der Waals surface area contributed by atoms with Crippen molar-refractivity contribution in [2.24, 2.45) is 0 Å². The summed E-state index contributed by atoms with van der Waals surface area (Å²) in [4.78, 5) is 12.1. The summed E-state index contributed by atoms with van der Waals surface area (Å²) in [5.74, 6) is 0.0180. The van der Waals surface area contributed by atoms with Crippen molar-refractivity contribution in [2.45, 2.75) is 4.90 Å². The average molecular weight is 377 g/mol. The largest absolute Gasteiger partial charge is 0.493 e.